The van der Waals surface area contributed by atoms with Gasteiger partial charge in [0.15, 0.2) is 11.5 Å². The maximum atomic E-state index is 13.8. The van der Waals surface area contributed by atoms with Gasteiger partial charge in [0, 0.05) is 19.2 Å². The second-order valence-electron chi connectivity index (χ2n) is 12.2. The summed E-state index contributed by atoms with van der Waals surface area (Å²) < 4.78 is 39.5. The van der Waals surface area contributed by atoms with E-state index in [0.29, 0.717) is 11.5 Å². The predicted octanol–water partition coefficient (Wildman–Crippen LogP) is 2.03. The normalized spacial score (nSPS) is 16.1. The quantitative estimate of drug-likeness (QED) is 0.270. The molecule has 232 valence electrons. The van der Waals surface area contributed by atoms with Crippen LogP contribution < -0.4 is 25.8 Å². The number of carbonyl (C=O) groups excluding carboxylic acids is 2. The van der Waals surface area contributed by atoms with Gasteiger partial charge in [-0.05, 0) is 42.4 Å². The van der Waals surface area contributed by atoms with Crippen LogP contribution in [0.3, 0.4) is 0 Å². The van der Waals surface area contributed by atoms with Crippen molar-refractivity contribution in [1.29, 1.82) is 0 Å². The number of hydrogen-bond donors (Lipinski definition) is 4. The van der Waals surface area contributed by atoms with Gasteiger partial charge in [0.2, 0.25) is 28.6 Å². The molecule has 11 nitrogen and oxygen atoms in total. The Hall–Kier alpha value is -3.19. The molecule has 1 aliphatic heterocycles. The van der Waals surface area contributed by atoms with Gasteiger partial charge in [-0.2, -0.15) is 4.31 Å². The molecule has 2 amide bonds. The number of fused-ring (bicyclic) bond motifs is 1. The average Bonchev–Trinajstić information content (AvgIpc) is 3.38. The minimum atomic E-state index is -4.06. The first kappa shape index (κ1) is 33.3. The molecule has 1 heterocycles. The van der Waals surface area contributed by atoms with Gasteiger partial charge in [-0.3, -0.25) is 9.59 Å². The molecule has 0 saturated carbocycles. The first-order valence-corrected chi connectivity index (χ1v) is 15.5. The van der Waals surface area contributed by atoms with Crippen LogP contribution in [-0.2, 0) is 26.0 Å². The third-order valence-corrected chi connectivity index (χ3v) is 8.69. The summed E-state index contributed by atoms with van der Waals surface area (Å²) in [5.41, 5.74) is 5.89. The maximum Gasteiger partial charge on any atom is 0.243 e. The van der Waals surface area contributed by atoms with Crippen LogP contribution >= 0.6 is 0 Å². The van der Waals surface area contributed by atoms with Gasteiger partial charge in [0.25, 0.3) is 0 Å². The van der Waals surface area contributed by atoms with E-state index in [2.05, 4.69) is 10.6 Å². The number of carbonyl (C=O) groups is 2. The lowest BCUT2D eigenvalue weighted by molar-refractivity contribution is -0.133. The molecule has 0 fully saturated rings. The van der Waals surface area contributed by atoms with E-state index in [0.717, 1.165) is 5.56 Å². The van der Waals surface area contributed by atoms with Crippen LogP contribution in [0.4, 0.5) is 0 Å². The number of nitrogens with zero attached hydrogens (tertiary/aromatic N) is 1. The summed E-state index contributed by atoms with van der Waals surface area (Å²) in [7, 11) is -4.06. The van der Waals surface area contributed by atoms with Gasteiger partial charge in [-0.15, -0.1) is 0 Å². The molecular formula is C30H44N4O7S. The van der Waals surface area contributed by atoms with Crippen LogP contribution in [-0.4, -0.2) is 73.8 Å². The first-order chi connectivity index (χ1) is 19.6. The summed E-state index contributed by atoms with van der Waals surface area (Å²) in [4.78, 5) is 26.0. The van der Waals surface area contributed by atoms with Crippen molar-refractivity contribution in [1.82, 2.24) is 14.9 Å². The number of amides is 2. The lowest BCUT2D eigenvalue weighted by atomic mass is 9.85. The van der Waals surface area contributed by atoms with Crippen molar-refractivity contribution in [2.75, 3.05) is 19.9 Å². The van der Waals surface area contributed by atoms with E-state index in [1.54, 1.807) is 6.07 Å². The number of sulfonamides is 1. The van der Waals surface area contributed by atoms with Crippen molar-refractivity contribution in [3.05, 3.63) is 54.1 Å². The zero-order valence-corrected chi connectivity index (χ0v) is 26.0. The number of rotatable bonds is 13. The highest BCUT2D eigenvalue weighted by Gasteiger charge is 2.37. The first-order valence-electron chi connectivity index (χ1n) is 14.1. The molecule has 2 aromatic rings. The summed E-state index contributed by atoms with van der Waals surface area (Å²) >= 11 is 0. The number of nitrogens with one attached hydrogen (secondary N) is 2. The van der Waals surface area contributed by atoms with E-state index in [-0.39, 0.29) is 37.1 Å². The van der Waals surface area contributed by atoms with Crippen LogP contribution in [0.2, 0.25) is 0 Å². The van der Waals surface area contributed by atoms with Crippen LogP contribution in [0.1, 0.15) is 47.1 Å². The van der Waals surface area contributed by atoms with E-state index in [4.69, 9.17) is 15.2 Å². The highest BCUT2D eigenvalue weighted by molar-refractivity contribution is 7.89. The summed E-state index contributed by atoms with van der Waals surface area (Å²) in [6, 6.07) is 11.0. The number of hydrogen-bond acceptors (Lipinski definition) is 8. The van der Waals surface area contributed by atoms with Gasteiger partial charge >= 0.3 is 0 Å². The van der Waals surface area contributed by atoms with Gasteiger partial charge in [-0.1, -0.05) is 65.0 Å². The van der Waals surface area contributed by atoms with Crippen molar-refractivity contribution in [2.24, 2.45) is 17.1 Å². The minimum absolute atomic E-state index is 0.00826. The van der Waals surface area contributed by atoms with E-state index >= 15 is 0 Å². The molecule has 0 aliphatic carbocycles. The van der Waals surface area contributed by atoms with Gasteiger partial charge in [0.1, 0.15) is 6.04 Å². The average molecular weight is 605 g/mol. The van der Waals surface area contributed by atoms with Crippen LogP contribution in [0, 0.1) is 11.3 Å². The molecule has 2 aromatic carbocycles. The predicted molar refractivity (Wildman–Crippen MR) is 159 cm³/mol. The summed E-state index contributed by atoms with van der Waals surface area (Å²) in [5.74, 6) is -0.257. The summed E-state index contributed by atoms with van der Waals surface area (Å²) in [6.07, 6.45) is -1.06. The Labute approximate surface area is 248 Å². The number of aliphatic hydroxyl groups excluding tert-OH is 1. The van der Waals surface area contributed by atoms with Crippen LogP contribution in [0.5, 0.6) is 11.5 Å². The molecule has 0 aromatic heterocycles. The topological polar surface area (TPSA) is 160 Å². The largest absolute Gasteiger partial charge is 0.454 e. The maximum absolute atomic E-state index is 13.8. The second-order valence-corrected chi connectivity index (χ2v) is 14.1. The molecule has 12 heteroatoms. The molecule has 1 aliphatic rings. The van der Waals surface area contributed by atoms with Gasteiger partial charge < -0.3 is 30.9 Å². The fraction of sp³-hybridized carbons (Fsp3) is 0.533. The van der Waals surface area contributed by atoms with E-state index in [9.17, 15) is 23.1 Å². The molecule has 0 spiro atoms. The van der Waals surface area contributed by atoms with Crippen molar-refractivity contribution < 1.29 is 32.6 Å². The van der Waals surface area contributed by atoms with E-state index < -0.39 is 51.5 Å². The highest BCUT2D eigenvalue weighted by atomic mass is 32.2. The summed E-state index contributed by atoms with van der Waals surface area (Å²) in [6.45, 7) is 10.6. The van der Waals surface area contributed by atoms with Gasteiger partial charge in [0.05, 0.1) is 23.1 Å². The molecular weight excluding hydrogens is 560 g/mol. The number of nitrogens with two attached hydrogens (primary N) is 1. The zero-order valence-electron chi connectivity index (χ0n) is 25.2. The Morgan fingerprint density at radius 1 is 0.976 bits per heavy atom. The Balaban J connectivity index is 1.91. The molecule has 0 unspecified atom stereocenters. The van der Waals surface area contributed by atoms with Gasteiger partial charge in [-0.25, -0.2) is 8.42 Å². The monoisotopic (exact) mass is 604 g/mol. The van der Waals surface area contributed by atoms with Crippen LogP contribution in [0.15, 0.2) is 53.4 Å². The third-order valence-electron chi connectivity index (χ3n) is 6.86. The molecule has 0 saturated heterocycles. The standard InChI is InChI=1S/C30H44N4O7S/c1-19(2)16-34(42(38,39)22-12-13-25-26(15-22)41-18-40-25)17-24(35)23(14-21-10-8-7-9-11-21)32-29(37)27(30(4,5)6)33-28(36)20(3)31/h7-13,15,19-20,23-24,27,35H,14,16-18,31H2,1-6H3,(H,32,37)(H,33,36)/t20-,23+,24-,27-/m1/s1. The molecule has 4 atom stereocenters. The molecule has 0 radical (unpaired) electrons. The van der Waals surface area contributed by atoms with E-state index in [1.807, 2.05) is 65.0 Å². The Kier molecular flexibility index (Phi) is 11.0. The number of ether oxygens (including phenoxy) is 2. The number of aliphatic hydroxyl groups is 1. The molecule has 0 bridgehead atoms. The van der Waals surface area contributed by atoms with Crippen molar-refractivity contribution in [3.63, 3.8) is 0 Å². The fourth-order valence-corrected chi connectivity index (χ4v) is 6.20. The number of benzene rings is 2. The Morgan fingerprint density at radius 2 is 1.62 bits per heavy atom. The molecule has 5 N–H and O–H groups in total. The SMILES string of the molecule is CC(C)CN(C[C@@H](O)[C@H](Cc1ccccc1)NC(=O)[C@@H](NC(=O)[C@@H](C)N)C(C)(C)C)S(=O)(=O)c1ccc2c(c1)OCO2. The lowest BCUT2D eigenvalue weighted by Crippen LogP contribution is -2.60. The zero-order chi connectivity index (χ0) is 31.2. The smallest absolute Gasteiger partial charge is 0.243 e. The minimum Gasteiger partial charge on any atom is -0.454 e. The molecule has 42 heavy (non-hydrogen) atoms. The Morgan fingerprint density at radius 3 is 2.21 bits per heavy atom. The fourth-order valence-electron chi connectivity index (χ4n) is 4.57. The molecule has 3 rings (SSSR count). The Bertz CT molecular complexity index is 1330. The van der Waals surface area contributed by atoms with Crippen molar-refractivity contribution >= 4 is 21.8 Å². The summed E-state index contributed by atoms with van der Waals surface area (Å²) in [5, 5.41) is 17.2. The van der Waals surface area contributed by atoms with Crippen molar-refractivity contribution in [3.8, 4) is 11.5 Å². The van der Waals surface area contributed by atoms with Crippen LogP contribution in [0.25, 0.3) is 0 Å². The third kappa shape index (κ3) is 8.66. The lowest BCUT2D eigenvalue weighted by Gasteiger charge is -2.35. The van der Waals surface area contributed by atoms with E-state index in [1.165, 1.54) is 23.4 Å². The van der Waals surface area contributed by atoms with Crippen molar-refractivity contribution in [2.45, 2.75) is 77.1 Å². The highest BCUT2D eigenvalue weighted by Crippen LogP contribution is 2.35. The second kappa shape index (κ2) is 13.9.